The van der Waals surface area contributed by atoms with Crippen LogP contribution in [0.5, 0.6) is 11.5 Å². The Morgan fingerprint density at radius 2 is 1.38 bits per heavy atom. The van der Waals surface area contributed by atoms with E-state index in [1.54, 1.807) is 0 Å². The Bertz CT molecular complexity index is 746. The number of benzene rings is 3. The van der Waals surface area contributed by atoms with Crippen LogP contribution < -0.4 is 10.1 Å². The van der Waals surface area contributed by atoms with Crippen LogP contribution in [0.15, 0.2) is 78.9 Å². The first-order chi connectivity index (χ1) is 11.7. The lowest BCUT2D eigenvalue weighted by Gasteiger charge is -2.10. The average Bonchev–Trinajstić information content (AvgIpc) is 2.62. The number of para-hydroxylation sites is 1. The molecule has 24 heavy (non-hydrogen) atoms. The molecule has 0 aliphatic heterocycles. The first-order valence-corrected chi connectivity index (χ1v) is 8.36. The van der Waals surface area contributed by atoms with Crippen molar-refractivity contribution in [3.8, 4) is 11.5 Å². The summed E-state index contributed by atoms with van der Waals surface area (Å²) in [6, 6.07) is 26.7. The van der Waals surface area contributed by atoms with Crippen molar-refractivity contribution in [3.63, 3.8) is 0 Å². The predicted molar refractivity (Wildman–Crippen MR) is 101 cm³/mol. The fraction of sp³-hybridized carbons (Fsp3) is 0.182. The van der Waals surface area contributed by atoms with E-state index in [1.807, 2.05) is 54.6 Å². The van der Waals surface area contributed by atoms with Crippen molar-refractivity contribution in [3.05, 3.63) is 90.0 Å². The quantitative estimate of drug-likeness (QED) is 0.583. The first-order valence-electron chi connectivity index (χ1n) is 8.36. The van der Waals surface area contributed by atoms with E-state index in [1.165, 1.54) is 11.1 Å². The van der Waals surface area contributed by atoms with E-state index in [-0.39, 0.29) is 0 Å². The number of rotatable bonds is 6. The third-order valence-electron chi connectivity index (χ3n) is 3.98. The molecule has 0 heterocycles. The fourth-order valence-corrected chi connectivity index (χ4v) is 2.49. The lowest BCUT2D eigenvalue weighted by molar-refractivity contribution is 0.483. The van der Waals surface area contributed by atoms with Gasteiger partial charge in [0.2, 0.25) is 0 Å². The molecule has 0 saturated heterocycles. The molecule has 3 aromatic rings. The van der Waals surface area contributed by atoms with Gasteiger partial charge in [-0.25, -0.2) is 0 Å². The summed E-state index contributed by atoms with van der Waals surface area (Å²) < 4.78 is 5.80. The lowest BCUT2D eigenvalue weighted by Crippen LogP contribution is -1.99. The molecule has 3 aromatic carbocycles. The minimum Gasteiger partial charge on any atom is -0.457 e. The zero-order chi connectivity index (χ0) is 16.8. The summed E-state index contributed by atoms with van der Waals surface area (Å²) in [5.41, 5.74) is 3.74. The van der Waals surface area contributed by atoms with Crippen molar-refractivity contribution >= 4 is 5.69 Å². The normalized spacial score (nSPS) is 10.6. The average molecular weight is 317 g/mol. The van der Waals surface area contributed by atoms with Gasteiger partial charge in [-0.05, 0) is 53.4 Å². The van der Waals surface area contributed by atoms with Crippen molar-refractivity contribution in [2.75, 3.05) is 5.32 Å². The van der Waals surface area contributed by atoms with Gasteiger partial charge in [0.25, 0.3) is 0 Å². The summed E-state index contributed by atoms with van der Waals surface area (Å²) in [7, 11) is 0. The summed E-state index contributed by atoms with van der Waals surface area (Å²) >= 11 is 0. The SMILES string of the molecule is CC(C)c1ccc(CNc2ccc(Oc3ccccc3)cc2)cc1. The van der Waals surface area contributed by atoms with E-state index in [2.05, 4.69) is 43.4 Å². The molecule has 0 aliphatic rings. The Kier molecular flexibility index (Phi) is 5.17. The van der Waals surface area contributed by atoms with Gasteiger partial charge in [0, 0.05) is 12.2 Å². The second-order valence-electron chi connectivity index (χ2n) is 6.19. The molecule has 2 nitrogen and oxygen atoms in total. The number of anilines is 1. The minimum atomic E-state index is 0.573. The highest BCUT2D eigenvalue weighted by Crippen LogP contribution is 2.23. The first kappa shape index (κ1) is 16.1. The maximum absolute atomic E-state index is 5.80. The summed E-state index contributed by atoms with van der Waals surface area (Å²) in [6.07, 6.45) is 0. The van der Waals surface area contributed by atoms with E-state index in [9.17, 15) is 0 Å². The van der Waals surface area contributed by atoms with Crippen molar-refractivity contribution < 1.29 is 4.74 Å². The van der Waals surface area contributed by atoms with Gasteiger partial charge in [-0.1, -0.05) is 56.3 Å². The molecule has 1 N–H and O–H groups in total. The third-order valence-corrected chi connectivity index (χ3v) is 3.98. The Hall–Kier alpha value is -2.74. The highest BCUT2D eigenvalue weighted by Gasteiger charge is 2.00. The van der Waals surface area contributed by atoms with E-state index in [4.69, 9.17) is 4.74 Å². The van der Waals surface area contributed by atoms with Gasteiger partial charge in [-0.15, -0.1) is 0 Å². The van der Waals surface area contributed by atoms with Crippen LogP contribution in [0.3, 0.4) is 0 Å². The number of hydrogen-bond donors (Lipinski definition) is 1. The second-order valence-corrected chi connectivity index (χ2v) is 6.19. The van der Waals surface area contributed by atoms with Gasteiger partial charge in [-0.3, -0.25) is 0 Å². The maximum atomic E-state index is 5.80. The van der Waals surface area contributed by atoms with Gasteiger partial charge in [0.1, 0.15) is 11.5 Å². The molecule has 0 radical (unpaired) electrons. The molecule has 0 saturated carbocycles. The molecular weight excluding hydrogens is 294 g/mol. The zero-order valence-electron chi connectivity index (χ0n) is 14.2. The number of hydrogen-bond acceptors (Lipinski definition) is 2. The van der Waals surface area contributed by atoms with Gasteiger partial charge >= 0.3 is 0 Å². The molecule has 0 spiro atoms. The van der Waals surface area contributed by atoms with E-state index in [0.29, 0.717) is 5.92 Å². The molecule has 3 rings (SSSR count). The highest BCUT2D eigenvalue weighted by atomic mass is 16.5. The number of nitrogens with one attached hydrogen (secondary N) is 1. The highest BCUT2D eigenvalue weighted by molar-refractivity contribution is 5.47. The van der Waals surface area contributed by atoms with Crippen molar-refractivity contribution in [1.29, 1.82) is 0 Å². The van der Waals surface area contributed by atoms with Crippen LogP contribution in [0.1, 0.15) is 30.9 Å². The molecule has 0 bridgehead atoms. The second kappa shape index (κ2) is 7.69. The standard InChI is InChI=1S/C22H23NO/c1-17(2)19-10-8-18(9-11-19)16-23-20-12-14-22(15-13-20)24-21-6-4-3-5-7-21/h3-15,17,23H,16H2,1-2H3. The molecule has 2 heteroatoms. The lowest BCUT2D eigenvalue weighted by atomic mass is 10.0. The summed E-state index contributed by atoms with van der Waals surface area (Å²) in [4.78, 5) is 0. The van der Waals surface area contributed by atoms with Crippen molar-refractivity contribution in [2.45, 2.75) is 26.3 Å². The van der Waals surface area contributed by atoms with Gasteiger partial charge in [-0.2, -0.15) is 0 Å². The largest absolute Gasteiger partial charge is 0.457 e. The fourth-order valence-electron chi connectivity index (χ4n) is 2.49. The van der Waals surface area contributed by atoms with Crippen LogP contribution in [0.25, 0.3) is 0 Å². The van der Waals surface area contributed by atoms with E-state index in [0.717, 1.165) is 23.7 Å². The zero-order valence-corrected chi connectivity index (χ0v) is 14.2. The van der Waals surface area contributed by atoms with Crippen LogP contribution >= 0.6 is 0 Å². The van der Waals surface area contributed by atoms with Gasteiger partial charge in [0.05, 0.1) is 0 Å². The minimum absolute atomic E-state index is 0.573. The van der Waals surface area contributed by atoms with Crippen LogP contribution in [0.4, 0.5) is 5.69 Å². The van der Waals surface area contributed by atoms with Gasteiger partial charge in [0.15, 0.2) is 0 Å². The molecule has 0 atom stereocenters. The predicted octanol–water partition coefficient (Wildman–Crippen LogP) is 6.21. The van der Waals surface area contributed by atoms with Crippen molar-refractivity contribution in [2.24, 2.45) is 0 Å². The summed E-state index contributed by atoms with van der Waals surface area (Å²) in [5, 5.41) is 3.45. The summed E-state index contributed by atoms with van der Waals surface area (Å²) in [5.74, 6) is 2.26. The summed E-state index contributed by atoms with van der Waals surface area (Å²) in [6.45, 7) is 5.25. The Labute approximate surface area is 144 Å². The Morgan fingerprint density at radius 3 is 2.00 bits per heavy atom. The van der Waals surface area contributed by atoms with Gasteiger partial charge < -0.3 is 10.1 Å². The molecule has 0 fully saturated rings. The maximum Gasteiger partial charge on any atom is 0.127 e. The topological polar surface area (TPSA) is 21.3 Å². The van der Waals surface area contributed by atoms with E-state index < -0.39 is 0 Å². The molecule has 0 aliphatic carbocycles. The molecular formula is C22H23NO. The Balaban J connectivity index is 1.56. The Morgan fingerprint density at radius 1 is 0.750 bits per heavy atom. The van der Waals surface area contributed by atoms with Crippen molar-refractivity contribution in [1.82, 2.24) is 0 Å². The smallest absolute Gasteiger partial charge is 0.127 e. The van der Waals surface area contributed by atoms with Crippen LogP contribution in [-0.2, 0) is 6.54 Å². The van der Waals surface area contributed by atoms with E-state index >= 15 is 0 Å². The molecule has 122 valence electrons. The van der Waals surface area contributed by atoms with Crippen LogP contribution in [-0.4, -0.2) is 0 Å². The monoisotopic (exact) mass is 317 g/mol. The molecule has 0 unspecified atom stereocenters. The third kappa shape index (κ3) is 4.39. The van der Waals surface area contributed by atoms with Crippen LogP contribution in [0.2, 0.25) is 0 Å². The molecule has 0 amide bonds. The molecule has 0 aromatic heterocycles. The number of ether oxygens (including phenoxy) is 1. The van der Waals surface area contributed by atoms with Crippen LogP contribution in [0, 0.1) is 0 Å².